The third-order valence-corrected chi connectivity index (χ3v) is 5.51. The number of ether oxygens (including phenoxy) is 1. The molecule has 0 spiro atoms. The number of nitro groups is 1. The predicted molar refractivity (Wildman–Crippen MR) is 98.7 cm³/mol. The van der Waals surface area contributed by atoms with Crippen molar-refractivity contribution in [1.29, 1.82) is 0 Å². The minimum atomic E-state index is -4.18. The van der Waals surface area contributed by atoms with E-state index in [4.69, 9.17) is 4.74 Å². The molecule has 144 valence electrons. The van der Waals surface area contributed by atoms with Crippen molar-refractivity contribution in [3.8, 4) is 0 Å². The van der Waals surface area contributed by atoms with Crippen LogP contribution >= 0.6 is 0 Å². The first-order chi connectivity index (χ1) is 12.8. The quantitative estimate of drug-likeness (QED) is 0.419. The van der Waals surface area contributed by atoms with Gasteiger partial charge in [0, 0.05) is 11.6 Å². The van der Waals surface area contributed by atoms with E-state index < -0.39 is 27.0 Å². The van der Waals surface area contributed by atoms with Crippen molar-refractivity contribution in [1.82, 2.24) is 4.72 Å². The number of nitrogens with one attached hydrogen (secondary N) is 1. The molecule has 0 aromatic heterocycles. The second-order valence-electron chi connectivity index (χ2n) is 5.77. The van der Waals surface area contributed by atoms with Crippen molar-refractivity contribution < 1.29 is 22.9 Å². The van der Waals surface area contributed by atoms with E-state index in [1.165, 1.54) is 25.1 Å². The fourth-order valence-electron chi connectivity index (χ4n) is 2.61. The van der Waals surface area contributed by atoms with Crippen LogP contribution < -0.4 is 4.72 Å². The summed E-state index contributed by atoms with van der Waals surface area (Å²) in [5, 5.41) is 11.1. The maximum absolute atomic E-state index is 12.8. The van der Waals surface area contributed by atoms with Crippen LogP contribution in [-0.2, 0) is 26.0 Å². The third kappa shape index (κ3) is 5.11. The summed E-state index contributed by atoms with van der Waals surface area (Å²) < 4.78 is 32.9. The molecule has 0 aliphatic heterocycles. The highest BCUT2D eigenvalue weighted by molar-refractivity contribution is 7.89. The van der Waals surface area contributed by atoms with Crippen LogP contribution in [0, 0.1) is 17.0 Å². The van der Waals surface area contributed by atoms with Gasteiger partial charge in [0.25, 0.3) is 5.69 Å². The molecular formula is C18H20N2O6S. The molecule has 0 radical (unpaired) electrons. The van der Waals surface area contributed by atoms with Crippen LogP contribution in [0.2, 0.25) is 0 Å². The Bertz CT molecular complexity index is 928. The third-order valence-electron chi connectivity index (χ3n) is 3.89. The second-order valence-corrected chi connectivity index (χ2v) is 7.46. The zero-order valence-electron chi connectivity index (χ0n) is 14.9. The summed E-state index contributed by atoms with van der Waals surface area (Å²) in [5.74, 6) is -0.715. The summed E-state index contributed by atoms with van der Waals surface area (Å²) in [6.45, 7) is 3.07. The first kappa shape index (κ1) is 20.5. The minimum absolute atomic E-state index is 0.00248. The van der Waals surface area contributed by atoms with E-state index in [1.807, 2.05) is 0 Å². The van der Waals surface area contributed by atoms with E-state index in [1.54, 1.807) is 37.3 Å². The van der Waals surface area contributed by atoms with Crippen LogP contribution in [0.25, 0.3) is 0 Å². The van der Waals surface area contributed by atoms with Gasteiger partial charge in [-0.15, -0.1) is 0 Å². The van der Waals surface area contributed by atoms with Crippen LogP contribution in [0.5, 0.6) is 0 Å². The Morgan fingerprint density at radius 1 is 1.19 bits per heavy atom. The van der Waals surface area contributed by atoms with Crippen LogP contribution in [0.4, 0.5) is 5.69 Å². The first-order valence-electron chi connectivity index (χ1n) is 8.23. The van der Waals surface area contributed by atoms with Gasteiger partial charge in [-0.2, -0.15) is 4.72 Å². The predicted octanol–water partition coefficient (Wildman–Crippen LogP) is 2.36. The monoisotopic (exact) mass is 392 g/mol. The Morgan fingerprint density at radius 2 is 1.85 bits per heavy atom. The minimum Gasteiger partial charge on any atom is -0.465 e. The molecule has 2 aromatic rings. The number of nitrogens with zero attached hydrogens (tertiary/aromatic N) is 1. The van der Waals surface area contributed by atoms with Crippen molar-refractivity contribution in [2.24, 2.45) is 0 Å². The number of sulfonamides is 1. The zero-order valence-corrected chi connectivity index (χ0v) is 15.7. The number of carbonyl (C=O) groups excluding carboxylic acids is 1. The van der Waals surface area contributed by atoms with Crippen molar-refractivity contribution >= 4 is 21.7 Å². The molecule has 2 rings (SSSR count). The number of carbonyl (C=O) groups is 1. The summed E-state index contributed by atoms with van der Waals surface area (Å²) in [4.78, 5) is 22.4. The molecule has 8 nitrogen and oxygen atoms in total. The molecule has 1 unspecified atom stereocenters. The van der Waals surface area contributed by atoms with Crippen LogP contribution in [0.1, 0.15) is 18.1 Å². The molecular weight excluding hydrogens is 372 g/mol. The summed E-state index contributed by atoms with van der Waals surface area (Å²) in [6, 6.07) is 11.5. The fraction of sp³-hybridized carbons (Fsp3) is 0.278. The lowest BCUT2D eigenvalue weighted by Gasteiger charge is -2.18. The maximum Gasteiger partial charge on any atom is 0.324 e. The van der Waals surface area contributed by atoms with E-state index in [0.717, 1.165) is 5.56 Å². The molecule has 9 heteroatoms. The van der Waals surface area contributed by atoms with Gasteiger partial charge in [0.2, 0.25) is 10.0 Å². The van der Waals surface area contributed by atoms with Crippen molar-refractivity contribution in [3.63, 3.8) is 0 Å². The molecule has 0 fully saturated rings. The second kappa shape index (κ2) is 8.74. The van der Waals surface area contributed by atoms with Gasteiger partial charge < -0.3 is 4.74 Å². The number of hydrogen-bond donors (Lipinski definition) is 1. The number of rotatable bonds is 8. The summed E-state index contributed by atoms with van der Waals surface area (Å²) >= 11 is 0. The van der Waals surface area contributed by atoms with Crippen molar-refractivity contribution in [2.75, 3.05) is 6.61 Å². The molecule has 0 bridgehead atoms. The standard InChI is InChI=1S/C18H20N2O6S/c1-3-26-18(21)15(12-14-8-5-4-6-9-14)19-27(24,25)17-11-7-10-16(13(17)2)20(22)23/h4-11,15,19H,3,12H2,1-2H3. The van der Waals surface area contributed by atoms with Gasteiger partial charge in [-0.05, 0) is 31.9 Å². The zero-order chi connectivity index (χ0) is 20.0. The lowest BCUT2D eigenvalue weighted by Crippen LogP contribution is -2.43. The average Bonchev–Trinajstić information content (AvgIpc) is 2.61. The highest BCUT2D eigenvalue weighted by Gasteiger charge is 2.29. The van der Waals surface area contributed by atoms with Gasteiger partial charge in [-0.3, -0.25) is 14.9 Å². The van der Waals surface area contributed by atoms with Gasteiger partial charge in [0.15, 0.2) is 0 Å². The Morgan fingerprint density at radius 3 is 2.44 bits per heavy atom. The first-order valence-corrected chi connectivity index (χ1v) is 9.71. The Kier molecular flexibility index (Phi) is 6.65. The van der Waals surface area contributed by atoms with Crippen LogP contribution in [-0.4, -0.2) is 32.0 Å². The number of benzene rings is 2. The van der Waals surface area contributed by atoms with Crippen molar-refractivity contribution in [3.05, 3.63) is 69.8 Å². The molecule has 0 amide bonds. The number of esters is 1. The fourth-order valence-corrected chi connectivity index (χ4v) is 4.05. The van der Waals surface area contributed by atoms with Gasteiger partial charge in [-0.1, -0.05) is 36.4 Å². The van der Waals surface area contributed by atoms with Gasteiger partial charge in [0.05, 0.1) is 16.4 Å². The summed E-state index contributed by atoms with van der Waals surface area (Å²) in [7, 11) is -4.18. The van der Waals surface area contributed by atoms with Gasteiger partial charge in [-0.25, -0.2) is 8.42 Å². The Labute approximate surface area is 157 Å². The molecule has 0 aliphatic carbocycles. The number of hydrogen-bond acceptors (Lipinski definition) is 6. The van der Waals surface area contributed by atoms with E-state index in [0.29, 0.717) is 0 Å². The Hall–Kier alpha value is -2.78. The molecule has 0 saturated heterocycles. The van der Waals surface area contributed by atoms with E-state index in [-0.39, 0.29) is 29.2 Å². The summed E-state index contributed by atoms with van der Waals surface area (Å²) in [5.41, 5.74) is 0.431. The van der Waals surface area contributed by atoms with Crippen LogP contribution in [0.3, 0.4) is 0 Å². The molecule has 27 heavy (non-hydrogen) atoms. The molecule has 1 N–H and O–H groups in total. The van der Waals surface area contributed by atoms with Gasteiger partial charge in [0.1, 0.15) is 6.04 Å². The topological polar surface area (TPSA) is 116 Å². The van der Waals surface area contributed by atoms with Crippen LogP contribution in [0.15, 0.2) is 53.4 Å². The molecule has 0 aliphatic rings. The highest BCUT2D eigenvalue weighted by Crippen LogP contribution is 2.25. The molecule has 0 heterocycles. The van der Waals surface area contributed by atoms with E-state index in [9.17, 15) is 23.3 Å². The number of nitro benzene ring substituents is 1. The van der Waals surface area contributed by atoms with Crippen molar-refractivity contribution in [2.45, 2.75) is 31.2 Å². The highest BCUT2D eigenvalue weighted by atomic mass is 32.2. The largest absolute Gasteiger partial charge is 0.465 e. The lowest BCUT2D eigenvalue weighted by molar-refractivity contribution is -0.385. The smallest absolute Gasteiger partial charge is 0.324 e. The SMILES string of the molecule is CCOC(=O)C(Cc1ccccc1)NS(=O)(=O)c1cccc([N+](=O)[O-])c1C. The molecule has 2 aromatic carbocycles. The Balaban J connectivity index is 2.36. The van der Waals surface area contributed by atoms with E-state index in [2.05, 4.69) is 4.72 Å². The van der Waals surface area contributed by atoms with Gasteiger partial charge >= 0.3 is 5.97 Å². The molecule has 1 atom stereocenters. The lowest BCUT2D eigenvalue weighted by atomic mass is 10.1. The summed E-state index contributed by atoms with van der Waals surface area (Å²) in [6.07, 6.45) is 0.0902. The molecule has 0 saturated carbocycles. The normalized spacial score (nSPS) is 12.4. The maximum atomic E-state index is 12.8. The average molecular weight is 392 g/mol. The van der Waals surface area contributed by atoms with E-state index >= 15 is 0 Å².